The maximum atomic E-state index is 10.8. The molecule has 4 nitrogen and oxygen atoms in total. The molecule has 0 atom stereocenters. The van der Waals surface area contributed by atoms with Crippen molar-refractivity contribution in [3.05, 3.63) is 36.9 Å². The van der Waals surface area contributed by atoms with E-state index in [4.69, 9.17) is 14.2 Å². The molecule has 16 heavy (non-hydrogen) atoms. The average molecular weight is 391 g/mol. The molecule has 1 aromatic carbocycles. The zero-order valence-corrected chi connectivity index (χ0v) is 11.7. The van der Waals surface area contributed by atoms with Crippen molar-refractivity contribution in [2.75, 3.05) is 13.9 Å². The van der Waals surface area contributed by atoms with Crippen LogP contribution in [0.2, 0.25) is 0 Å². The number of esters is 1. The Morgan fingerprint density at radius 2 is 1.88 bits per heavy atom. The Kier molecular flexibility index (Phi) is 7.51. The number of hydrogen-bond donors (Lipinski definition) is 0. The molecule has 0 saturated carbocycles. The van der Waals surface area contributed by atoms with E-state index in [1.807, 2.05) is 0 Å². The van der Waals surface area contributed by atoms with Crippen molar-refractivity contribution in [1.29, 1.82) is 0 Å². The molecule has 0 aliphatic heterocycles. The molecule has 86 valence electrons. The topological polar surface area (TPSA) is 44.8 Å². The third kappa shape index (κ3) is 5.10. The first kappa shape index (κ1) is 14.9. The minimum atomic E-state index is -0.611. The van der Waals surface area contributed by atoms with Gasteiger partial charge in [-0.25, -0.2) is 0 Å². The van der Waals surface area contributed by atoms with Crippen molar-refractivity contribution in [2.24, 2.45) is 0 Å². The monoisotopic (exact) mass is 391 g/mol. The number of benzene rings is 1. The van der Waals surface area contributed by atoms with Gasteiger partial charge in [-0.3, -0.25) is 11.4 Å². The van der Waals surface area contributed by atoms with Crippen molar-refractivity contribution in [1.82, 2.24) is 0 Å². The van der Waals surface area contributed by atoms with Gasteiger partial charge in [0, 0.05) is 28.2 Å². The van der Waals surface area contributed by atoms with Gasteiger partial charge in [0.25, 0.3) is 0 Å². The van der Waals surface area contributed by atoms with E-state index in [2.05, 4.69) is 12.7 Å². The second kappa shape index (κ2) is 8.08. The van der Waals surface area contributed by atoms with Gasteiger partial charge >= 0.3 is 0 Å². The normalized spacial score (nSPS) is 8.81. The predicted octanol–water partition coefficient (Wildman–Crippen LogP) is 1.56. The van der Waals surface area contributed by atoms with Crippen LogP contribution in [0.1, 0.15) is 0 Å². The number of rotatable bonds is 5. The van der Waals surface area contributed by atoms with Crippen molar-refractivity contribution in [3.8, 4) is 11.5 Å². The first-order valence-corrected chi connectivity index (χ1v) is 4.23. The maximum Gasteiger partial charge on any atom is 0.188 e. The smallest absolute Gasteiger partial charge is 0.188 e. The molecule has 0 bridgehead atoms. The summed E-state index contributed by atoms with van der Waals surface area (Å²) in [5.41, 5.74) is 0. The second-order valence-electron chi connectivity index (χ2n) is 2.59. The molecule has 5 heteroatoms. The second-order valence-corrected chi connectivity index (χ2v) is 2.59. The minimum absolute atomic E-state index is 0. The van der Waals surface area contributed by atoms with E-state index >= 15 is 0 Å². The van der Waals surface area contributed by atoms with Crippen molar-refractivity contribution in [2.45, 2.75) is 0 Å². The van der Waals surface area contributed by atoms with E-state index in [0.717, 1.165) is 0 Å². The number of methoxy groups -OCH3 is 1. The Balaban J connectivity index is 0.00000225. The fraction of sp³-hybridized carbons (Fsp3) is 0.182. The Morgan fingerprint density at radius 3 is 2.38 bits per heavy atom. The van der Waals surface area contributed by atoms with E-state index in [0.29, 0.717) is 11.5 Å². The molecule has 0 aliphatic rings. The van der Waals surface area contributed by atoms with Crippen molar-refractivity contribution < 1.29 is 40.1 Å². The molecular weight excluding hydrogens is 380 g/mol. The van der Waals surface area contributed by atoms with Crippen LogP contribution in [0.3, 0.4) is 0 Å². The molecule has 0 spiro atoms. The number of carbonyl (C=O) groups excluding carboxylic acids is 1. The number of carbonyl (C=O) groups is 1. The van der Waals surface area contributed by atoms with E-state index in [-0.39, 0.29) is 27.9 Å². The summed E-state index contributed by atoms with van der Waals surface area (Å²) in [5, 5.41) is 0. The van der Waals surface area contributed by atoms with Gasteiger partial charge in [0.15, 0.2) is 12.8 Å². The van der Waals surface area contributed by atoms with Crippen LogP contribution in [0, 0.1) is 6.08 Å². The standard InChI is InChI=1S/C11H11O4.W/c1-3-11(12)15-10-6-4-9(5-7-10)14-8-13-2;/h4-7H,1,8H2,2H3;/q-1;. The Bertz CT molecular complexity index is 334. The molecule has 0 N–H and O–H groups in total. The SMILES string of the molecule is C=[C-]C(=O)Oc1ccc(OCOC)cc1.[W]. The van der Waals surface area contributed by atoms with Crippen molar-refractivity contribution in [3.63, 3.8) is 0 Å². The summed E-state index contributed by atoms with van der Waals surface area (Å²) in [6, 6.07) is 6.57. The number of hydrogen-bond acceptors (Lipinski definition) is 4. The minimum Gasteiger partial charge on any atom is -0.468 e. The summed E-state index contributed by atoms with van der Waals surface area (Å²) >= 11 is 0. The average Bonchev–Trinajstić information content (AvgIpc) is 2.28. The van der Waals surface area contributed by atoms with Gasteiger partial charge in [-0.15, -0.1) is 0 Å². The quantitative estimate of drug-likeness (QED) is 0.251. The van der Waals surface area contributed by atoms with E-state index in [1.54, 1.807) is 24.3 Å². The fourth-order valence-corrected chi connectivity index (χ4v) is 0.874. The predicted molar refractivity (Wildman–Crippen MR) is 53.5 cm³/mol. The molecular formula is C11H11O4W-. The van der Waals surface area contributed by atoms with E-state index < -0.39 is 5.97 Å². The summed E-state index contributed by atoms with van der Waals surface area (Å²) in [4.78, 5) is 10.8. The van der Waals surface area contributed by atoms with Crippen LogP contribution in [-0.4, -0.2) is 19.9 Å². The molecule has 0 fully saturated rings. The van der Waals surface area contributed by atoms with Gasteiger partial charge in [-0.2, -0.15) is 0 Å². The fourth-order valence-electron chi connectivity index (χ4n) is 0.874. The molecule has 0 unspecified atom stereocenters. The van der Waals surface area contributed by atoms with E-state index in [1.165, 1.54) is 7.11 Å². The van der Waals surface area contributed by atoms with Crippen LogP contribution < -0.4 is 9.47 Å². The van der Waals surface area contributed by atoms with Gasteiger partial charge < -0.3 is 20.3 Å². The third-order valence-electron chi connectivity index (χ3n) is 1.52. The maximum absolute atomic E-state index is 10.8. The molecule has 0 saturated heterocycles. The van der Waals surface area contributed by atoms with Gasteiger partial charge in [0.05, 0.1) is 0 Å². The largest absolute Gasteiger partial charge is 0.468 e. The molecule has 1 rings (SSSR count). The Morgan fingerprint density at radius 1 is 1.31 bits per heavy atom. The van der Waals surface area contributed by atoms with Crippen LogP contribution in [0.15, 0.2) is 30.8 Å². The van der Waals surface area contributed by atoms with Crippen LogP contribution in [0.25, 0.3) is 0 Å². The first-order valence-electron chi connectivity index (χ1n) is 4.23. The van der Waals surface area contributed by atoms with Gasteiger partial charge in [0.1, 0.15) is 11.5 Å². The molecule has 0 radical (unpaired) electrons. The zero-order chi connectivity index (χ0) is 11.1. The van der Waals surface area contributed by atoms with Gasteiger partial charge in [-0.1, -0.05) is 0 Å². The van der Waals surface area contributed by atoms with Crippen molar-refractivity contribution >= 4 is 5.97 Å². The van der Waals surface area contributed by atoms with Crippen LogP contribution in [-0.2, 0) is 30.6 Å². The summed E-state index contributed by atoms with van der Waals surface area (Å²) < 4.78 is 14.7. The molecule has 0 aliphatic carbocycles. The zero-order valence-electron chi connectivity index (χ0n) is 8.76. The molecule has 0 heterocycles. The Labute approximate surface area is 108 Å². The summed E-state index contributed by atoms with van der Waals surface area (Å²) in [6.45, 7) is 3.35. The summed E-state index contributed by atoms with van der Waals surface area (Å²) in [5.74, 6) is 0.445. The number of ether oxygens (including phenoxy) is 3. The van der Waals surface area contributed by atoms with Crippen LogP contribution >= 0.6 is 0 Å². The molecule has 0 amide bonds. The third-order valence-corrected chi connectivity index (χ3v) is 1.52. The van der Waals surface area contributed by atoms with Crippen LogP contribution in [0.4, 0.5) is 0 Å². The summed E-state index contributed by atoms with van der Waals surface area (Å²) in [6.07, 6.45) is 2.10. The van der Waals surface area contributed by atoms with E-state index in [9.17, 15) is 4.79 Å². The Hall–Kier alpha value is -1.12. The summed E-state index contributed by atoms with van der Waals surface area (Å²) in [7, 11) is 1.54. The van der Waals surface area contributed by atoms with Gasteiger partial charge in [0.2, 0.25) is 0 Å². The van der Waals surface area contributed by atoms with Gasteiger partial charge in [-0.05, 0) is 24.3 Å². The molecule has 0 aromatic heterocycles. The first-order chi connectivity index (χ1) is 7.26. The van der Waals surface area contributed by atoms with Crippen LogP contribution in [0.5, 0.6) is 11.5 Å². The molecule has 1 aromatic rings.